The third kappa shape index (κ3) is 8.95. The third-order valence-electron chi connectivity index (χ3n) is 8.49. The van der Waals surface area contributed by atoms with Gasteiger partial charge < -0.3 is 19.5 Å². The zero-order valence-corrected chi connectivity index (χ0v) is 29.9. The summed E-state index contributed by atoms with van der Waals surface area (Å²) in [5.41, 5.74) is 6.73. The summed E-state index contributed by atoms with van der Waals surface area (Å²) in [7, 11) is 0. The van der Waals surface area contributed by atoms with Gasteiger partial charge in [0.2, 0.25) is 0 Å². The van der Waals surface area contributed by atoms with E-state index in [1.807, 2.05) is 126 Å². The fourth-order valence-electron chi connectivity index (χ4n) is 6.22. The molecule has 1 N–H and O–H groups in total. The van der Waals surface area contributed by atoms with Crippen molar-refractivity contribution in [3.63, 3.8) is 0 Å². The number of carbonyl (C=O) groups excluding carboxylic acids is 3. The van der Waals surface area contributed by atoms with Crippen LogP contribution in [-0.2, 0) is 32.1 Å². The van der Waals surface area contributed by atoms with Gasteiger partial charge in [0.1, 0.15) is 36.6 Å². The van der Waals surface area contributed by atoms with Gasteiger partial charge in [0.25, 0.3) is 5.91 Å². The van der Waals surface area contributed by atoms with Gasteiger partial charge in [-0.15, -0.1) is 0 Å². The first-order valence-corrected chi connectivity index (χ1v) is 17.3. The normalized spacial score (nSPS) is 13.4. The first-order valence-electron chi connectivity index (χ1n) is 16.8. The molecule has 8 nitrogen and oxygen atoms in total. The monoisotopic (exact) mass is 692 g/mol. The molecule has 0 bridgehead atoms. The molecule has 0 saturated heterocycles. The van der Waals surface area contributed by atoms with E-state index in [0.717, 1.165) is 38.9 Å². The Kier molecular flexibility index (Phi) is 11.7. The lowest BCUT2D eigenvalue weighted by Crippen LogP contribution is -2.55. The molecule has 0 radical (unpaired) electrons. The maximum atomic E-state index is 14.3. The number of nitrogens with zero attached hydrogens (tertiary/aromatic N) is 1. The fraction of sp³-hybridized carbons (Fsp3) is 0.317. The zero-order valence-electron chi connectivity index (χ0n) is 29.1. The molecule has 1 aliphatic rings. The lowest BCUT2D eigenvalue weighted by atomic mass is 9.98. The second kappa shape index (κ2) is 16.1. The highest BCUT2D eigenvalue weighted by Gasteiger charge is 2.37. The highest BCUT2D eigenvalue weighted by molar-refractivity contribution is 7.78. The summed E-state index contributed by atoms with van der Waals surface area (Å²) in [5.74, 6) is -0.971. The van der Waals surface area contributed by atoms with Gasteiger partial charge in [0.05, 0.1) is 5.49 Å². The van der Waals surface area contributed by atoms with Crippen LogP contribution in [0.1, 0.15) is 62.8 Å². The predicted octanol–water partition coefficient (Wildman–Crippen LogP) is 7.87. The lowest BCUT2D eigenvalue weighted by Gasteiger charge is -2.32. The maximum absolute atomic E-state index is 14.3. The van der Waals surface area contributed by atoms with Crippen molar-refractivity contribution in [3.05, 3.63) is 125 Å². The van der Waals surface area contributed by atoms with Crippen molar-refractivity contribution in [1.82, 2.24) is 10.2 Å². The maximum Gasteiger partial charge on any atom is 0.407 e. The van der Waals surface area contributed by atoms with E-state index in [1.54, 1.807) is 0 Å². The van der Waals surface area contributed by atoms with Crippen LogP contribution in [0.3, 0.4) is 0 Å². The number of benzene rings is 4. The third-order valence-corrected chi connectivity index (χ3v) is 8.71. The van der Waals surface area contributed by atoms with Crippen LogP contribution in [0.5, 0.6) is 5.75 Å². The molecule has 0 aliphatic heterocycles. The fourth-order valence-corrected chi connectivity index (χ4v) is 6.46. The summed E-state index contributed by atoms with van der Waals surface area (Å²) in [6.45, 7) is 9.64. The number of rotatable bonds is 13. The highest BCUT2D eigenvalue weighted by Crippen LogP contribution is 2.44. The Balaban J connectivity index is 1.35. The number of nitrogens with one attached hydrogen (secondary N) is 1. The molecule has 4 aromatic carbocycles. The van der Waals surface area contributed by atoms with Gasteiger partial charge in [0.15, 0.2) is 0 Å². The molecule has 0 aromatic heterocycles. The first-order chi connectivity index (χ1) is 23.9. The molecular weight excluding hydrogens is 649 g/mol. The van der Waals surface area contributed by atoms with E-state index in [2.05, 4.69) is 17.4 Å². The molecule has 0 spiro atoms. The predicted molar refractivity (Wildman–Crippen MR) is 198 cm³/mol. The van der Waals surface area contributed by atoms with E-state index in [0.29, 0.717) is 5.75 Å². The largest absolute Gasteiger partial charge is 0.488 e. The summed E-state index contributed by atoms with van der Waals surface area (Å²) < 4.78 is 17.4. The van der Waals surface area contributed by atoms with Gasteiger partial charge in [-0.3, -0.25) is 9.69 Å². The van der Waals surface area contributed by atoms with Gasteiger partial charge in [-0.2, -0.15) is 0 Å². The second-order valence-electron chi connectivity index (χ2n) is 13.7. The molecular formula is C41H44N2O6S. The standard InChI is InChI=1S/C41H44N2O6S/c1-27(2)37(39(45)47-24-29-13-7-6-8-14-29)43(26-50)38(44)36(23-28-19-21-30(22-20-28)49-41(3,4)5)42-40(46)48-25-35-33-17-11-9-15-31(33)32-16-10-12-18-34(32)35/h6-22,26-27,35-37H,23-25H2,1-5H3,(H,42,46)/t36-,37-/m0/s1. The topological polar surface area (TPSA) is 94.2 Å². The quantitative estimate of drug-likeness (QED) is 0.113. The summed E-state index contributed by atoms with van der Waals surface area (Å²) in [5, 5.41) is 2.79. The van der Waals surface area contributed by atoms with E-state index >= 15 is 0 Å². The van der Waals surface area contributed by atoms with Crippen molar-refractivity contribution in [3.8, 4) is 16.9 Å². The van der Waals surface area contributed by atoms with Gasteiger partial charge in [0, 0.05) is 12.3 Å². The molecule has 0 fully saturated rings. The smallest absolute Gasteiger partial charge is 0.407 e. The van der Waals surface area contributed by atoms with Gasteiger partial charge in [-0.05, 0) is 72.2 Å². The minimum atomic E-state index is -1.11. The van der Waals surface area contributed by atoms with Gasteiger partial charge in [-0.1, -0.05) is 117 Å². The average molecular weight is 693 g/mol. The molecule has 0 unspecified atom stereocenters. The molecule has 9 heteroatoms. The highest BCUT2D eigenvalue weighted by atomic mass is 32.1. The van der Waals surface area contributed by atoms with Crippen molar-refractivity contribution in [2.45, 2.75) is 71.2 Å². The molecule has 1 aliphatic carbocycles. The summed E-state index contributed by atoms with van der Waals surface area (Å²) in [6, 6.07) is 30.7. The Morgan fingerprint density at radius 3 is 1.94 bits per heavy atom. The molecule has 2 amide bonds. The number of alkyl carbamates (subject to hydrolysis) is 1. The van der Waals surface area contributed by atoms with Crippen molar-refractivity contribution in [2.75, 3.05) is 6.61 Å². The summed E-state index contributed by atoms with van der Waals surface area (Å²) >= 11 is 5.32. The number of fused-ring (bicyclic) bond motifs is 3. The Bertz CT molecular complexity index is 1760. The van der Waals surface area contributed by atoms with E-state index in [-0.39, 0.29) is 37.1 Å². The zero-order chi connectivity index (χ0) is 35.8. The summed E-state index contributed by atoms with van der Waals surface area (Å²) in [6.07, 6.45) is -0.641. The Labute approximate surface area is 299 Å². The van der Waals surface area contributed by atoms with E-state index in [4.69, 9.17) is 26.4 Å². The molecule has 4 aromatic rings. The van der Waals surface area contributed by atoms with Crippen LogP contribution >= 0.6 is 12.2 Å². The Morgan fingerprint density at radius 1 is 0.800 bits per heavy atom. The lowest BCUT2D eigenvalue weighted by molar-refractivity contribution is -0.155. The van der Waals surface area contributed by atoms with Crippen molar-refractivity contribution in [1.29, 1.82) is 0 Å². The van der Waals surface area contributed by atoms with Crippen LogP contribution in [0.2, 0.25) is 0 Å². The number of hydrogen-bond acceptors (Lipinski definition) is 7. The van der Waals surface area contributed by atoms with Gasteiger partial charge in [-0.25, -0.2) is 9.59 Å². The van der Waals surface area contributed by atoms with E-state index in [1.165, 1.54) is 4.90 Å². The Morgan fingerprint density at radius 2 is 1.38 bits per heavy atom. The van der Waals surface area contributed by atoms with Crippen LogP contribution in [0.15, 0.2) is 103 Å². The van der Waals surface area contributed by atoms with Crippen LogP contribution in [0, 0.1) is 5.92 Å². The van der Waals surface area contributed by atoms with Gasteiger partial charge >= 0.3 is 12.1 Å². The molecule has 0 saturated carbocycles. The number of amides is 2. The molecule has 5 rings (SSSR count). The van der Waals surface area contributed by atoms with Crippen LogP contribution in [0.25, 0.3) is 11.1 Å². The van der Waals surface area contributed by atoms with Crippen molar-refractivity contribution < 1.29 is 28.6 Å². The number of carbonyl (C=O) groups is 3. The summed E-state index contributed by atoms with van der Waals surface area (Å²) in [4.78, 5) is 42.5. The number of thiocarbonyl (C=S) groups is 1. The number of hydrogen-bond donors (Lipinski definition) is 1. The SMILES string of the molecule is CC(C)[C@@H](C(=O)OCc1ccccc1)N(C=S)C(=O)[C@H](Cc1ccc(OC(C)(C)C)cc1)NC(=O)OCC1c2ccccc2-c2ccccc21. The molecule has 0 heterocycles. The minimum absolute atomic E-state index is 0.0484. The number of ether oxygens (including phenoxy) is 3. The first kappa shape index (κ1) is 36.3. The average Bonchev–Trinajstić information content (AvgIpc) is 3.42. The second-order valence-corrected chi connectivity index (χ2v) is 13.9. The van der Waals surface area contributed by atoms with Crippen LogP contribution in [-0.4, -0.2) is 52.7 Å². The molecule has 50 heavy (non-hydrogen) atoms. The van der Waals surface area contributed by atoms with Crippen LogP contribution in [0.4, 0.5) is 4.79 Å². The molecule has 260 valence electrons. The van der Waals surface area contributed by atoms with Crippen LogP contribution < -0.4 is 10.1 Å². The van der Waals surface area contributed by atoms with E-state index in [9.17, 15) is 14.4 Å². The minimum Gasteiger partial charge on any atom is -0.488 e. The van der Waals surface area contributed by atoms with Crippen molar-refractivity contribution >= 4 is 35.7 Å². The Hall–Kier alpha value is -5.02. The molecule has 2 atom stereocenters. The van der Waals surface area contributed by atoms with Crippen molar-refractivity contribution in [2.24, 2.45) is 5.92 Å². The number of esters is 1. The van der Waals surface area contributed by atoms with E-state index < -0.39 is 30.1 Å².